The number of imidazole rings is 1. The predicted molar refractivity (Wildman–Crippen MR) is 101 cm³/mol. The molecule has 2 aromatic rings. The molecule has 0 aliphatic carbocycles. The molecule has 2 heterocycles. The van der Waals surface area contributed by atoms with E-state index in [1.54, 1.807) is 6.20 Å². The molecule has 0 radical (unpaired) electrons. The van der Waals surface area contributed by atoms with E-state index in [2.05, 4.69) is 32.8 Å². The van der Waals surface area contributed by atoms with Crippen molar-refractivity contribution in [1.29, 1.82) is 0 Å². The number of urea groups is 1. The standard InChI is InChI=1S/C19H27N5O/c1-14-8-10-23(12-18(14)24-11-9-20-13-24)19(25)21-16-6-5-7-17(15(16)2)22(3)4/h5-7,9,11,13-14,18H,8,10,12H2,1-4H3,(H,21,25)/t14-,18+/m1/s1. The molecule has 1 N–H and O–H groups in total. The Morgan fingerprint density at radius 1 is 1.36 bits per heavy atom. The number of anilines is 2. The normalized spacial score (nSPS) is 20.4. The quantitative estimate of drug-likeness (QED) is 0.931. The van der Waals surface area contributed by atoms with Crippen molar-refractivity contribution in [3.05, 3.63) is 42.5 Å². The summed E-state index contributed by atoms with van der Waals surface area (Å²) < 4.78 is 2.11. The maximum absolute atomic E-state index is 12.8. The summed E-state index contributed by atoms with van der Waals surface area (Å²) in [5, 5.41) is 3.09. The molecule has 0 saturated carbocycles. The molecular formula is C19H27N5O. The first-order valence-corrected chi connectivity index (χ1v) is 8.77. The molecule has 25 heavy (non-hydrogen) atoms. The van der Waals surface area contributed by atoms with Crippen molar-refractivity contribution < 1.29 is 4.79 Å². The van der Waals surface area contributed by atoms with E-state index in [4.69, 9.17) is 0 Å². The number of aromatic nitrogens is 2. The van der Waals surface area contributed by atoms with E-state index >= 15 is 0 Å². The summed E-state index contributed by atoms with van der Waals surface area (Å²) in [4.78, 5) is 20.9. The van der Waals surface area contributed by atoms with Crippen LogP contribution in [0.5, 0.6) is 0 Å². The van der Waals surface area contributed by atoms with Crippen LogP contribution in [-0.4, -0.2) is 47.7 Å². The fourth-order valence-corrected chi connectivity index (χ4v) is 3.52. The lowest BCUT2D eigenvalue weighted by Gasteiger charge is -2.37. The van der Waals surface area contributed by atoms with Crippen LogP contribution in [0.1, 0.15) is 24.9 Å². The molecule has 0 spiro atoms. The topological polar surface area (TPSA) is 53.4 Å². The molecular weight excluding hydrogens is 314 g/mol. The van der Waals surface area contributed by atoms with Crippen molar-refractivity contribution in [3.63, 3.8) is 0 Å². The molecule has 1 aliphatic rings. The smallest absolute Gasteiger partial charge is 0.321 e. The van der Waals surface area contributed by atoms with Crippen LogP contribution in [0.15, 0.2) is 36.9 Å². The highest BCUT2D eigenvalue weighted by Gasteiger charge is 2.30. The molecule has 0 bridgehead atoms. The Kier molecular flexibility index (Phi) is 4.97. The minimum Gasteiger partial charge on any atom is -0.377 e. The number of carbonyl (C=O) groups excluding carboxylic acids is 1. The summed E-state index contributed by atoms with van der Waals surface area (Å²) in [5.74, 6) is 0.525. The highest BCUT2D eigenvalue weighted by atomic mass is 16.2. The lowest BCUT2D eigenvalue weighted by molar-refractivity contribution is 0.149. The number of hydrogen-bond donors (Lipinski definition) is 1. The van der Waals surface area contributed by atoms with E-state index < -0.39 is 0 Å². The van der Waals surface area contributed by atoms with E-state index in [1.165, 1.54) is 0 Å². The zero-order valence-corrected chi connectivity index (χ0v) is 15.4. The van der Waals surface area contributed by atoms with Gasteiger partial charge in [0.05, 0.1) is 12.4 Å². The van der Waals surface area contributed by atoms with Gasteiger partial charge in [-0.2, -0.15) is 0 Å². The van der Waals surface area contributed by atoms with Crippen molar-refractivity contribution in [1.82, 2.24) is 14.5 Å². The van der Waals surface area contributed by atoms with Crippen LogP contribution < -0.4 is 10.2 Å². The number of hydrogen-bond acceptors (Lipinski definition) is 3. The van der Waals surface area contributed by atoms with Crippen molar-refractivity contribution in [2.75, 3.05) is 37.4 Å². The van der Waals surface area contributed by atoms with Crippen LogP contribution in [0.4, 0.5) is 16.2 Å². The maximum atomic E-state index is 12.8. The molecule has 1 saturated heterocycles. The zero-order valence-electron chi connectivity index (χ0n) is 15.4. The Hall–Kier alpha value is -2.50. The van der Waals surface area contributed by atoms with Crippen LogP contribution >= 0.6 is 0 Å². The zero-order chi connectivity index (χ0) is 18.0. The summed E-state index contributed by atoms with van der Waals surface area (Å²) in [6.45, 7) is 5.77. The van der Waals surface area contributed by atoms with Crippen LogP contribution in [-0.2, 0) is 0 Å². The molecule has 1 fully saturated rings. The minimum absolute atomic E-state index is 0.0315. The second-order valence-corrected chi connectivity index (χ2v) is 7.06. The summed E-state index contributed by atoms with van der Waals surface area (Å²) >= 11 is 0. The first-order valence-electron chi connectivity index (χ1n) is 8.77. The van der Waals surface area contributed by atoms with Gasteiger partial charge in [-0.3, -0.25) is 0 Å². The van der Waals surface area contributed by atoms with Crippen LogP contribution in [0.3, 0.4) is 0 Å². The van der Waals surface area contributed by atoms with E-state index in [9.17, 15) is 4.79 Å². The Morgan fingerprint density at radius 3 is 2.84 bits per heavy atom. The van der Waals surface area contributed by atoms with Gasteiger partial charge in [0.25, 0.3) is 0 Å². The SMILES string of the molecule is Cc1c(NC(=O)N2CC[C@@H](C)[C@@H](n3ccnc3)C2)cccc1N(C)C. The fourth-order valence-electron chi connectivity index (χ4n) is 3.52. The van der Waals surface area contributed by atoms with E-state index in [-0.39, 0.29) is 12.1 Å². The molecule has 2 atom stereocenters. The molecule has 134 valence electrons. The lowest BCUT2D eigenvalue weighted by atomic mass is 9.93. The number of rotatable bonds is 3. The molecule has 6 heteroatoms. The second kappa shape index (κ2) is 7.17. The van der Waals surface area contributed by atoms with Crippen molar-refractivity contribution in [3.8, 4) is 0 Å². The third-order valence-corrected chi connectivity index (χ3v) is 5.14. The van der Waals surface area contributed by atoms with Crippen LogP contribution in [0, 0.1) is 12.8 Å². The highest BCUT2D eigenvalue weighted by molar-refractivity contribution is 5.91. The van der Waals surface area contributed by atoms with E-state index in [0.717, 1.165) is 29.9 Å². The number of likely N-dealkylation sites (tertiary alicyclic amines) is 1. The predicted octanol–water partition coefficient (Wildman–Crippen LogP) is 3.37. The molecule has 1 aromatic carbocycles. The van der Waals surface area contributed by atoms with Gasteiger partial charge in [0, 0.05) is 51.0 Å². The monoisotopic (exact) mass is 341 g/mol. The van der Waals surface area contributed by atoms with Crippen molar-refractivity contribution in [2.45, 2.75) is 26.3 Å². The lowest BCUT2D eigenvalue weighted by Crippen LogP contribution is -2.45. The number of nitrogens with zero attached hydrogens (tertiary/aromatic N) is 4. The Morgan fingerprint density at radius 2 is 2.16 bits per heavy atom. The Labute approximate surface area is 149 Å². The van der Waals surface area contributed by atoms with E-state index in [0.29, 0.717) is 12.5 Å². The number of amides is 2. The molecule has 0 unspecified atom stereocenters. The third kappa shape index (κ3) is 3.62. The Bertz CT molecular complexity index is 725. The Balaban J connectivity index is 1.72. The molecule has 3 rings (SSSR count). The average Bonchev–Trinajstić information content (AvgIpc) is 3.11. The minimum atomic E-state index is -0.0315. The van der Waals surface area contributed by atoms with Crippen molar-refractivity contribution >= 4 is 17.4 Å². The van der Waals surface area contributed by atoms with Crippen molar-refractivity contribution in [2.24, 2.45) is 5.92 Å². The molecule has 1 aromatic heterocycles. The summed E-state index contributed by atoms with van der Waals surface area (Å²) in [6.07, 6.45) is 6.61. The van der Waals surface area contributed by atoms with Gasteiger partial charge in [-0.1, -0.05) is 13.0 Å². The average molecular weight is 341 g/mol. The first-order chi connectivity index (χ1) is 12.0. The second-order valence-electron chi connectivity index (χ2n) is 7.06. The van der Waals surface area contributed by atoms with E-state index in [1.807, 2.05) is 50.6 Å². The van der Waals surface area contributed by atoms with Gasteiger partial charge in [0.15, 0.2) is 0 Å². The molecule has 2 amide bonds. The number of nitrogens with one attached hydrogen (secondary N) is 1. The van der Waals surface area contributed by atoms with Gasteiger partial charge in [-0.05, 0) is 37.0 Å². The van der Waals surface area contributed by atoms with Gasteiger partial charge in [-0.15, -0.1) is 0 Å². The number of carbonyl (C=O) groups is 1. The van der Waals surface area contributed by atoms with Gasteiger partial charge < -0.3 is 19.7 Å². The first kappa shape index (κ1) is 17.3. The summed E-state index contributed by atoms with van der Waals surface area (Å²) in [6, 6.07) is 6.24. The molecule has 6 nitrogen and oxygen atoms in total. The van der Waals surface area contributed by atoms with Crippen LogP contribution in [0.2, 0.25) is 0 Å². The van der Waals surface area contributed by atoms with Crippen LogP contribution in [0.25, 0.3) is 0 Å². The van der Waals surface area contributed by atoms with Gasteiger partial charge >= 0.3 is 6.03 Å². The summed E-state index contributed by atoms with van der Waals surface area (Å²) in [7, 11) is 4.02. The maximum Gasteiger partial charge on any atom is 0.321 e. The fraction of sp³-hybridized carbons (Fsp3) is 0.474. The molecule has 1 aliphatic heterocycles. The number of piperidine rings is 1. The largest absolute Gasteiger partial charge is 0.377 e. The highest BCUT2D eigenvalue weighted by Crippen LogP contribution is 2.29. The van der Waals surface area contributed by atoms with Gasteiger partial charge in [0.1, 0.15) is 0 Å². The van der Waals surface area contributed by atoms with Gasteiger partial charge in [0.2, 0.25) is 0 Å². The summed E-state index contributed by atoms with van der Waals surface area (Å²) in [5.41, 5.74) is 3.06. The van der Waals surface area contributed by atoms with Gasteiger partial charge in [-0.25, -0.2) is 9.78 Å². The third-order valence-electron chi connectivity index (χ3n) is 5.14. The number of benzene rings is 1.